The van der Waals surface area contributed by atoms with Crippen LogP contribution in [0.4, 0.5) is 18.0 Å². The quantitative estimate of drug-likeness (QED) is 0.338. The molecule has 1 aromatic carbocycles. The Morgan fingerprint density at radius 3 is 2.73 bits per heavy atom. The van der Waals surface area contributed by atoms with Gasteiger partial charge in [-0.05, 0) is 61.6 Å². The van der Waals surface area contributed by atoms with E-state index in [1.54, 1.807) is 24.5 Å². The molecule has 0 aliphatic heterocycles. The summed E-state index contributed by atoms with van der Waals surface area (Å²) >= 11 is 0. The van der Waals surface area contributed by atoms with Crippen molar-refractivity contribution in [2.24, 2.45) is 5.41 Å². The number of rotatable bonds is 10. The number of carbonyl (C=O) groups is 1. The molecule has 10 heteroatoms. The van der Waals surface area contributed by atoms with Crippen molar-refractivity contribution in [3.63, 3.8) is 0 Å². The number of aromatic nitrogens is 3. The van der Waals surface area contributed by atoms with Crippen LogP contribution >= 0.6 is 0 Å². The number of nitrogens with one attached hydrogen (secondary N) is 3. The summed E-state index contributed by atoms with van der Waals surface area (Å²) in [5.41, 5.74) is 0.713. The predicted octanol–water partition coefficient (Wildman–Crippen LogP) is 4.24. The Labute approximate surface area is 188 Å². The third-order valence-electron chi connectivity index (χ3n) is 6.42. The van der Waals surface area contributed by atoms with E-state index in [9.17, 15) is 23.1 Å². The maximum atomic E-state index is 13.8. The lowest BCUT2D eigenvalue weighted by Crippen LogP contribution is -2.43. The van der Waals surface area contributed by atoms with Gasteiger partial charge in [-0.2, -0.15) is 18.3 Å². The van der Waals surface area contributed by atoms with Crippen molar-refractivity contribution in [1.82, 2.24) is 25.8 Å². The zero-order valence-electron chi connectivity index (χ0n) is 17.9. The van der Waals surface area contributed by atoms with Gasteiger partial charge in [-0.25, -0.2) is 4.79 Å². The third-order valence-corrected chi connectivity index (χ3v) is 6.42. The van der Waals surface area contributed by atoms with E-state index in [0.717, 1.165) is 16.5 Å². The molecule has 33 heavy (non-hydrogen) atoms. The number of hydrogen-bond acceptors (Lipinski definition) is 4. The lowest BCUT2D eigenvalue weighted by molar-refractivity contribution is -0.194. The van der Waals surface area contributed by atoms with Gasteiger partial charge in [0.25, 0.3) is 0 Å². The van der Waals surface area contributed by atoms with E-state index in [1.807, 2.05) is 18.2 Å². The average molecular weight is 461 g/mol. The number of pyridine rings is 1. The van der Waals surface area contributed by atoms with Gasteiger partial charge >= 0.3 is 12.3 Å². The van der Waals surface area contributed by atoms with E-state index in [-0.39, 0.29) is 19.3 Å². The molecular weight excluding hydrogens is 435 g/mol. The van der Waals surface area contributed by atoms with Gasteiger partial charge in [0.15, 0.2) is 0 Å². The van der Waals surface area contributed by atoms with Gasteiger partial charge in [-0.15, -0.1) is 0 Å². The monoisotopic (exact) mass is 461 g/mol. The molecule has 1 amide bonds. The molecule has 0 saturated heterocycles. The van der Waals surface area contributed by atoms with Gasteiger partial charge in [0, 0.05) is 36.3 Å². The van der Waals surface area contributed by atoms with Crippen LogP contribution in [0.1, 0.15) is 36.3 Å². The first-order chi connectivity index (χ1) is 15.8. The predicted molar refractivity (Wildman–Crippen MR) is 117 cm³/mol. The molecule has 1 aliphatic carbocycles. The van der Waals surface area contributed by atoms with Gasteiger partial charge < -0.3 is 15.7 Å². The lowest BCUT2D eigenvalue weighted by Gasteiger charge is -2.30. The zero-order valence-corrected chi connectivity index (χ0v) is 17.9. The van der Waals surface area contributed by atoms with Gasteiger partial charge in [-0.1, -0.05) is 12.1 Å². The Hall–Kier alpha value is -3.14. The van der Waals surface area contributed by atoms with Crippen molar-refractivity contribution >= 4 is 17.0 Å². The number of alkyl halides is 3. The maximum Gasteiger partial charge on any atom is 0.404 e. The summed E-state index contributed by atoms with van der Waals surface area (Å²) in [5.74, 6) is -0.687. The topological polar surface area (TPSA) is 103 Å². The number of benzene rings is 1. The number of amides is 1. The van der Waals surface area contributed by atoms with Crippen molar-refractivity contribution in [3.05, 3.63) is 60.0 Å². The highest BCUT2D eigenvalue weighted by atomic mass is 19.4. The van der Waals surface area contributed by atoms with Crippen LogP contribution in [0, 0.1) is 5.41 Å². The van der Waals surface area contributed by atoms with Crippen LogP contribution in [-0.4, -0.2) is 51.7 Å². The third kappa shape index (κ3) is 5.27. The van der Waals surface area contributed by atoms with E-state index in [1.165, 1.54) is 6.20 Å². The summed E-state index contributed by atoms with van der Waals surface area (Å²) < 4.78 is 41.5. The molecule has 2 aromatic heterocycles. The summed E-state index contributed by atoms with van der Waals surface area (Å²) in [7, 11) is 0. The second-order valence-electron chi connectivity index (χ2n) is 8.63. The van der Waals surface area contributed by atoms with Crippen LogP contribution in [0.25, 0.3) is 10.9 Å². The minimum Gasteiger partial charge on any atom is -0.465 e. The number of hydrogen-bond donors (Lipinski definition) is 4. The molecule has 2 atom stereocenters. The zero-order chi connectivity index (χ0) is 23.5. The molecule has 0 bridgehead atoms. The average Bonchev–Trinajstić information content (AvgIpc) is 3.45. The van der Waals surface area contributed by atoms with Crippen molar-refractivity contribution in [2.45, 2.75) is 43.8 Å². The van der Waals surface area contributed by atoms with Gasteiger partial charge in [-0.3, -0.25) is 10.1 Å². The lowest BCUT2D eigenvalue weighted by atomic mass is 9.81. The van der Waals surface area contributed by atoms with Crippen molar-refractivity contribution in [2.75, 3.05) is 13.1 Å². The fourth-order valence-corrected chi connectivity index (χ4v) is 4.58. The number of carboxylic acid groups (broad SMARTS) is 1. The van der Waals surface area contributed by atoms with E-state index < -0.39 is 29.6 Å². The molecule has 1 saturated carbocycles. The van der Waals surface area contributed by atoms with Crippen LogP contribution in [0.3, 0.4) is 0 Å². The number of fused-ring (bicyclic) bond motifs is 1. The minimum atomic E-state index is -4.27. The fraction of sp³-hybridized carbons (Fsp3) is 0.435. The highest BCUT2D eigenvalue weighted by Gasteiger charge is 2.66. The van der Waals surface area contributed by atoms with Crippen LogP contribution < -0.4 is 10.6 Å². The van der Waals surface area contributed by atoms with Gasteiger partial charge in [0.1, 0.15) is 0 Å². The Bertz CT molecular complexity index is 1080. The normalized spacial score (nSPS) is 16.9. The molecule has 0 unspecified atom stereocenters. The highest BCUT2D eigenvalue weighted by molar-refractivity contribution is 5.78. The van der Waals surface area contributed by atoms with E-state index >= 15 is 0 Å². The molecule has 176 valence electrons. The first kappa shape index (κ1) is 23.0. The second kappa shape index (κ2) is 9.38. The summed E-state index contributed by atoms with van der Waals surface area (Å²) in [6.45, 7) is 0.629. The maximum absolute atomic E-state index is 13.8. The number of halogens is 3. The summed E-state index contributed by atoms with van der Waals surface area (Å²) in [6, 6.07) is 8.65. The largest absolute Gasteiger partial charge is 0.465 e. The highest BCUT2D eigenvalue weighted by Crippen LogP contribution is 2.66. The molecule has 4 N–H and O–H groups in total. The second-order valence-corrected chi connectivity index (χ2v) is 8.63. The Morgan fingerprint density at radius 2 is 2.06 bits per heavy atom. The molecule has 0 spiro atoms. The molecule has 7 nitrogen and oxygen atoms in total. The SMILES string of the molecule is O=C(O)N[C@H](CNCC[C@H](c1cccnc1)C1(C(F)(F)F)CC1)Cc1ccc2[nH]ncc2c1. The Morgan fingerprint density at radius 1 is 1.24 bits per heavy atom. The molecule has 4 rings (SSSR count). The number of nitrogens with zero attached hydrogens (tertiary/aromatic N) is 2. The first-order valence-electron chi connectivity index (χ1n) is 10.9. The smallest absolute Gasteiger partial charge is 0.404 e. The fourth-order valence-electron chi connectivity index (χ4n) is 4.58. The van der Waals surface area contributed by atoms with Crippen molar-refractivity contribution < 1.29 is 23.1 Å². The molecule has 3 aromatic rings. The summed E-state index contributed by atoms with van der Waals surface area (Å²) in [5, 5.41) is 22.7. The minimum absolute atomic E-state index is 0.121. The van der Waals surface area contributed by atoms with Crippen LogP contribution in [0.15, 0.2) is 48.9 Å². The number of H-pyrrole nitrogens is 1. The Balaban J connectivity index is 1.39. The molecule has 1 aliphatic rings. The molecule has 2 heterocycles. The van der Waals surface area contributed by atoms with Crippen LogP contribution in [0.2, 0.25) is 0 Å². The van der Waals surface area contributed by atoms with Gasteiger partial charge in [0.05, 0.1) is 17.1 Å². The van der Waals surface area contributed by atoms with E-state index in [0.29, 0.717) is 25.1 Å². The first-order valence-corrected chi connectivity index (χ1v) is 10.9. The number of aromatic amines is 1. The van der Waals surface area contributed by atoms with Crippen LogP contribution in [-0.2, 0) is 6.42 Å². The molecular formula is C23H26F3N5O2. The van der Waals surface area contributed by atoms with Crippen molar-refractivity contribution in [3.8, 4) is 0 Å². The summed E-state index contributed by atoms with van der Waals surface area (Å²) in [4.78, 5) is 15.3. The van der Waals surface area contributed by atoms with E-state index in [4.69, 9.17) is 0 Å². The molecule has 1 fully saturated rings. The Kier molecular flexibility index (Phi) is 6.55. The summed E-state index contributed by atoms with van der Waals surface area (Å²) in [6.07, 6.45) is 0.312. The van der Waals surface area contributed by atoms with Crippen LogP contribution in [0.5, 0.6) is 0 Å². The standard InChI is InChI=1S/C23H26F3N5O2/c24-23(25,26)22(6-7-22)19(16-2-1-8-27-12-16)5-9-28-14-18(30-21(32)33)11-15-3-4-20-17(10-15)13-29-31-20/h1-4,8,10,12-13,18-19,28,30H,5-7,9,11,14H2,(H,29,31)(H,32,33)/t18-,19+/m0/s1. The van der Waals surface area contributed by atoms with Crippen molar-refractivity contribution in [1.29, 1.82) is 0 Å². The van der Waals surface area contributed by atoms with Gasteiger partial charge in [0.2, 0.25) is 0 Å². The molecule has 0 radical (unpaired) electrons. The van der Waals surface area contributed by atoms with E-state index in [2.05, 4.69) is 25.8 Å².